The molecule has 50 heavy (non-hydrogen) atoms. The normalized spacial score (nSPS) is 30.1. The van der Waals surface area contributed by atoms with Crippen LogP contribution in [-0.4, -0.2) is 51.1 Å². The number of halogens is 3. The second kappa shape index (κ2) is 13.3. The lowest BCUT2D eigenvalue weighted by atomic mass is 9.72. The van der Waals surface area contributed by atoms with E-state index in [0.717, 1.165) is 99.4 Å². The highest BCUT2D eigenvalue weighted by atomic mass is 79.9. The van der Waals surface area contributed by atoms with Crippen LogP contribution in [-0.2, 0) is 18.8 Å². The van der Waals surface area contributed by atoms with Crippen LogP contribution >= 0.6 is 39.1 Å². The predicted octanol–water partition coefficient (Wildman–Crippen LogP) is 10.1. The van der Waals surface area contributed by atoms with Gasteiger partial charge in [-0.25, -0.2) is 9.36 Å². The molecule has 0 N–H and O–H groups in total. The standard InChI is InChI=1S/C22H30BClN2O3.C16H18BrClN2O/c1-13-10-14(13)19-16(24)11-17-15(12-25-26(17)18-8-6-7-9-27-18)20(19)23-28-21(2,3)22(4,5)29-23;1-9-6-10(9)15-12(18)7-13-11(16(15)17)8-19-20(13)14-4-2-3-5-21-14/h11-14,18H,6-10H2,1-5H3;7-10,14H,2-6H2,1H3/t13-,14+,18?;9-,10+,14?/m00/s1. The van der Waals surface area contributed by atoms with Gasteiger partial charge in [0.1, 0.15) is 0 Å². The van der Waals surface area contributed by atoms with Gasteiger partial charge in [0, 0.05) is 38.5 Å². The summed E-state index contributed by atoms with van der Waals surface area (Å²) >= 11 is 17.2. The minimum Gasteiger partial charge on any atom is -0.399 e. The van der Waals surface area contributed by atoms with E-state index in [9.17, 15) is 0 Å². The average molecular weight is 786 g/mol. The first-order valence-electron chi connectivity index (χ1n) is 18.5. The van der Waals surface area contributed by atoms with E-state index in [-0.39, 0.29) is 12.5 Å². The highest BCUT2D eigenvalue weighted by molar-refractivity contribution is 9.10. The first-order chi connectivity index (χ1) is 23.9. The second-order valence-electron chi connectivity index (χ2n) is 16.2. The van der Waals surface area contributed by atoms with Crippen LogP contribution in [0.4, 0.5) is 0 Å². The van der Waals surface area contributed by atoms with Crippen molar-refractivity contribution in [3.05, 3.63) is 50.2 Å². The summed E-state index contributed by atoms with van der Waals surface area (Å²) in [6.45, 7) is 14.5. The predicted molar refractivity (Wildman–Crippen MR) is 204 cm³/mol. The zero-order chi connectivity index (χ0) is 35.1. The number of nitrogens with zero attached hydrogens (tertiary/aromatic N) is 4. The lowest BCUT2D eigenvalue weighted by molar-refractivity contribution is -0.0367. The Morgan fingerprint density at radius 2 is 1.20 bits per heavy atom. The van der Waals surface area contributed by atoms with Gasteiger partial charge in [-0.3, -0.25) is 0 Å². The molecule has 8 nitrogen and oxygen atoms in total. The molecule has 2 unspecified atom stereocenters. The molecule has 5 fully saturated rings. The number of benzene rings is 2. The second-order valence-corrected chi connectivity index (χ2v) is 17.8. The van der Waals surface area contributed by atoms with Gasteiger partial charge in [0.2, 0.25) is 0 Å². The Kier molecular flexibility index (Phi) is 9.43. The zero-order valence-electron chi connectivity index (χ0n) is 30.0. The summed E-state index contributed by atoms with van der Waals surface area (Å²) in [5.41, 5.74) is 4.75. The van der Waals surface area contributed by atoms with E-state index in [1.54, 1.807) is 0 Å². The van der Waals surface area contributed by atoms with E-state index in [2.05, 4.69) is 74.7 Å². The molecule has 4 aromatic rings. The molecule has 2 aliphatic carbocycles. The van der Waals surface area contributed by atoms with E-state index in [1.165, 1.54) is 24.0 Å². The Morgan fingerprint density at radius 3 is 1.68 bits per heavy atom. The minimum absolute atomic E-state index is 0.0332. The van der Waals surface area contributed by atoms with Gasteiger partial charge in [0.15, 0.2) is 12.5 Å². The molecule has 0 bridgehead atoms. The molecular weight excluding hydrogens is 738 g/mol. The van der Waals surface area contributed by atoms with E-state index >= 15 is 0 Å². The highest BCUT2D eigenvalue weighted by Gasteiger charge is 2.54. The maximum atomic E-state index is 6.90. The van der Waals surface area contributed by atoms with E-state index < -0.39 is 18.3 Å². The van der Waals surface area contributed by atoms with Crippen LogP contribution in [0.5, 0.6) is 0 Å². The van der Waals surface area contributed by atoms with Gasteiger partial charge in [-0.05, 0) is 147 Å². The number of aromatic nitrogens is 4. The van der Waals surface area contributed by atoms with Crippen LogP contribution < -0.4 is 5.46 Å². The van der Waals surface area contributed by atoms with Gasteiger partial charge in [-0.15, -0.1) is 0 Å². The lowest BCUT2D eigenvalue weighted by Crippen LogP contribution is -2.41. The van der Waals surface area contributed by atoms with E-state index in [4.69, 9.17) is 47.1 Å². The summed E-state index contributed by atoms with van der Waals surface area (Å²) < 4.78 is 29.9. The van der Waals surface area contributed by atoms with Gasteiger partial charge >= 0.3 is 7.12 Å². The molecule has 2 saturated carbocycles. The third kappa shape index (κ3) is 6.26. The summed E-state index contributed by atoms with van der Waals surface area (Å²) in [7, 11) is -0.450. The Bertz CT molecular complexity index is 1900. The van der Waals surface area contributed by atoms with Crippen molar-refractivity contribution in [3.8, 4) is 0 Å². The highest BCUT2D eigenvalue weighted by Crippen LogP contribution is 2.53. The summed E-state index contributed by atoms with van der Waals surface area (Å²) in [4.78, 5) is 0. The van der Waals surface area contributed by atoms with Crippen molar-refractivity contribution in [2.75, 3.05) is 13.2 Å². The molecule has 2 aromatic heterocycles. The van der Waals surface area contributed by atoms with Gasteiger partial charge < -0.3 is 18.8 Å². The summed E-state index contributed by atoms with van der Waals surface area (Å²) in [6.07, 6.45) is 12.9. The fraction of sp³-hybridized carbons (Fsp3) is 0.632. The largest absolute Gasteiger partial charge is 0.495 e. The van der Waals surface area contributed by atoms with E-state index in [0.29, 0.717) is 17.8 Å². The number of fused-ring (bicyclic) bond motifs is 2. The summed E-state index contributed by atoms with van der Waals surface area (Å²) in [6, 6.07) is 4.13. The maximum Gasteiger partial charge on any atom is 0.495 e. The molecule has 12 heteroatoms. The quantitative estimate of drug-likeness (QED) is 0.188. The number of rotatable bonds is 5. The van der Waals surface area contributed by atoms with Gasteiger partial charge in [-0.2, -0.15) is 10.2 Å². The van der Waals surface area contributed by atoms with Crippen molar-refractivity contribution < 1.29 is 18.8 Å². The average Bonchev–Trinajstić information content (AvgIpc) is 3.82. The smallest absolute Gasteiger partial charge is 0.399 e. The van der Waals surface area contributed by atoms with Crippen LogP contribution in [0.25, 0.3) is 21.8 Å². The van der Waals surface area contributed by atoms with Crippen molar-refractivity contribution in [1.29, 1.82) is 0 Å². The van der Waals surface area contributed by atoms with Crippen LogP contribution in [0.3, 0.4) is 0 Å². The molecule has 0 spiro atoms. The first-order valence-corrected chi connectivity index (χ1v) is 20.0. The Labute approximate surface area is 314 Å². The summed E-state index contributed by atoms with van der Waals surface area (Å²) in [5, 5.41) is 13.1. The molecule has 5 aliphatic rings. The Morgan fingerprint density at radius 1 is 0.740 bits per heavy atom. The van der Waals surface area contributed by atoms with Gasteiger partial charge in [0.25, 0.3) is 0 Å². The van der Waals surface area contributed by atoms with Crippen molar-refractivity contribution in [1.82, 2.24) is 19.6 Å². The van der Waals surface area contributed by atoms with Gasteiger partial charge in [0.05, 0.1) is 34.6 Å². The van der Waals surface area contributed by atoms with Crippen LogP contribution in [0.2, 0.25) is 10.0 Å². The van der Waals surface area contributed by atoms with Crippen LogP contribution in [0, 0.1) is 11.8 Å². The first kappa shape index (κ1) is 35.4. The Balaban J connectivity index is 0.000000152. The zero-order valence-corrected chi connectivity index (χ0v) is 33.1. The van der Waals surface area contributed by atoms with Crippen LogP contribution in [0.1, 0.15) is 128 Å². The molecule has 0 amide bonds. The molecular formula is C38H48BBrCl2N4O4. The lowest BCUT2D eigenvalue weighted by Gasteiger charge is -2.32. The summed E-state index contributed by atoms with van der Waals surface area (Å²) in [5.74, 6) is 2.40. The fourth-order valence-electron chi connectivity index (χ4n) is 8.00. The molecule has 9 rings (SSSR count). The number of hydrogen-bond donors (Lipinski definition) is 0. The van der Waals surface area contributed by atoms with Crippen molar-refractivity contribution in [2.24, 2.45) is 11.8 Å². The number of ether oxygens (including phenoxy) is 2. The Hall–Kier alpha value is -1.66. The third-order valence-electron chi connectivity index (χ3n) is 12.1. The van der Waals surface area contributed by atoms with Crippen molar-refractivity contribution >= 4 is 73.5 Å². The topological polar surface area (TPSA) is 72.6 Å². The monoisotopic (exact) mass is 784 g/mol. The van der Waals surface area contributed by atoms with Gasteiger partial charge in [-0.1, -0.05) is 37.0 Å². The number of hydrogen-bond acceptors (Lipinski definition) is 6. The minimum atomic E-state index is -0.450. The maximum absolute atomic E-state index is 6.90. The van der Waals surface area contributed by atoms with E-state index in [1.807, 2.05) is 21.8 Å². The molecule has 2 aromatic carbocycles. The molecule has 3 aliphatic heterocycles. The molecule has 268 valence electrons. The molecule has 0 radical (unpaired) electrons. The molecule has 6 atom stereocenters. The molecule has 3 saturated heterocycles. The van der Waals surface area contributed by atoms with Crippen molar-refractivity contribution in [2.45, 2.75) is 128 Å². The van der Waals surface area contributed by atoms with Crippen molar-refractivity contribution in [3.63, 3.8) is 0 Å². The fourth-order valence-corrected chi connectivity index (χ4v) is 9.61. The van der Waals surface area contributed by atoms with Crippen LogP contribution in [0.15, 0.2) is 29.0 Å². The molecule has 5 heterocycles. The SMILES string of the molecule is C[C@H]1C[C@H]1c1c(Cl)cc2c(cnn2C2CCCCO2)c1B1OC(C)(C)C(C)(C)O1.C[C@H]1C[C@H]1c1c(Cl)cc2c(cnn2C2CCCCO2)c1Br. The third-order valence-corrected chi connectivity index (χ3v) is 13.5.